The van der Waals surface area contributed by atoms with E-state index in [1.165, 1.54) is 0 Å². The fourth-order valence-corrected chi connectivity index (χ4v) is 3.03. The molecule has 0 saturated heterocycles. The minimum absolute atomic E-state index is 0.684. The minimum Gasteiger partial charge on any atom is -0.475 e. The Kier molecular flexibility index (Phi) is 10.0. The molecule has 4 N–H and O–H groups in total. The number of nitrogens with zero attached hydrogens (tertiary/aromatic N) is 3. The summed E-state index contributed by atoms with van der Waals surface area (Å²) >= 11 is 3.42. The van der Waals surface area contributed by atoms with Gasteiger partial charge in [-0.2, -0.15) is 26.3 Å². The molecule has 0 atom stereocenters. The summed E-state index contributed by atoms with van der Waals surface area (Å²) in [5.74, 6) is -3.86. The van der Waals surface area contributed by atoms with Crippen molar-refractivity contribution in [2.24, 2.45) is 0 Å². The van der Waals surface area contributed by atoms with Gasteiger partial charge in [-0.1, -0.05) is 5.16 Å². The molecule has 0 aliphatic carbocycles. The van der Waals surface area contributed by atoms with Crippen LogP contribution in [0.25, 0.3) is 22.6 Å². The number of carboxylic acids is 2. The minimum atomic E-state index is -5.08. The van der Waals surface area contributed by atoms with Gasteiger partial charge < -0.3 is 25.0 Å². The number of aryl methyl sites for hydroxylation is 2. The van der Waals surface area contributed by atoms with E-state index < -0.39 is 24.3 Å². The molecule has 1 aromatic carbocycles. The molecule has 39 heavy (non-hydrogen) atoms. The third kappa shape index (κ3) is 9.27. The molecule has 0 bridgehead atoms. The number of nitrogens with one attached hydrogen (secondary N) is 2. The maximum Gasteiger partial charge on any atom is 0.490 e. The van der Waals surface area contributed by atoms with Crippen LogP contribution in [-0.2, 0) is 16.1 Å². The Balaban J connectivity index is 0.000000317. The van der Waals surface area contributed by atoms with Crippen molar-refractivity contribution in [3.05, 3.63) is 58.0 Å². The molecule has 0 radical (unpaired) electrons. The number of imidazole rings is 1. The van der Waals surface area contributed by atoms with Crippen LogP contribution in [0.5, 0.6) is 0 Å². The molecule has 0 fully saturated rings. The maximum atomic E-state index is 10.6. The number of hydrogen-bond acceptors (Lipinski definition) is 7. The first-order valence-corrected chi connectivity index (χ1v) is 11.2. The van der Waals surface area contributed by atoms with Gasteiger partial charge in [0, 0.05) is 34.0 Å². The smallest absolute Gasteiger partial charge is 0.475 e. The number of fused-ring (bicyclic) bond motifs is 1. The van der Waals surface area contributed by atoms with E-state index in [4.69, 9.17) is 24.3 Å². The zero-order valence-corrected chi connectivity index (χ0v) is 21.4. The van der Waals surface area contributed by atoms with Gasteiger partial charge in [-0.3, -0.25) is 0 Å². The normalized spacial score (nSPS) is 11.2. The third-order valence-corrected chi connectivity index (χ3v) is 5.03. The standard InChI is InChI=1S/C18H16BrN5O.2C2HF3O2/c1-10-15(11(2)25-24-10)9-20-14-5-3-12(4-6-14)17-22-16-7-13(19)8-21-18(16)23-17;2*3-2(4,5)1(6)7/h3-8,20H,9H2,1-2H3,(H,21,22,23);2*(H,6,7). The average Bonchev–Trinajstić information content (AvgIpc) is 3.40. The number of benzene rings is 1. The van der Waals surface area contributed by atoms with Crippen LogP contribution in [0.3, 0.4) is 0 Å². The lowest BCUT2D eigenvalue weighted by molar-refractivity contribution is -0.193. The second kappa shape index (κ2) is 12.6. The highest BCUT2D eigenvalue weighted by atomic mass is 79.9. The average molecular weight is 626 g/mol. The Morgan fingerprint density at radius 2 is 1.56 bits per heavy atom. The molecule has 3 aromatic heterocycles. The van der Waals surface area contributed by atoms with Crippen LogP contribution in [0.4, 0.5) is 32.0 Å². The van der Waals surface area contributed by atoms with Crippen LogP contribution in [0.2, 0.25) is 0 Å². The van der Waals surface area contributed by atoms with Crippen molar-refractivity contribution >= 4 is 44.7 Å². The highest BCUT2D eigenvalue weighted by Gasteiger charge is 2.38. The van der Waals surface area contributed by atoms with Crippen molar-refractivity contribution in [3.8, 4) is 11.4 Å². The van der Waals surface area contributed by atoms with Crippen LogP contribution in [0, 0.1) is 13.8 Å². The number of aromatic amines is 1. The summed E-state index contributed by atoms with van der Waals surface area (Å²) in [5, 5.41) is 21.6. The predicted octanol–water partition coefficient (Wildman–Crippen LogP) is 5.87. The summed E-state index contributed by atoms with van der Waals surface area (Å²) in [4.78, 5) is 29.9. The van der Waals surface area contributed by atoms with Crippen molar-refractivity contribution in [3.63, 3.8) is 0 Å². The van der Waals surface area contributed by atoms with Gasteiger partial charge in [-0.15, -0.1) is 0 Å². The molecule has 17 heteroatoms. The van der Waals surface area contributed by atoms with Crippen molar-refractivity contribution in [2.45, 2.75) is 32.7 Å². The van der Waals surface area contributed by atoms with Gasteiger partial charge in [0.05, 0.1) is 11.2 Å². The van der Waals surface area contributed by atoms with Crippen LogP contribution in [-0.4, -0.2) is 54.6 Å². The van der Waals surface area contributed by atoms with Crippen LogP contribution in [0.15, 0.2) is 45.5 Å². The van der Waals surface area contributed by atoms with Gasteiger partial charge in [0.1, 0.15) is 11.6 Å². The molecule has 0 saturated carbocycles. The van der Waals surface area contributed by atoms with E-state index in [9.17, 15) is 26.3 Å². The van der Waals surface area contributed by atoms with E-state index in [1.54, 1.807) is 6.20 Å². The fraction of sp³-hybridized carbons (Fsp3) is 0.227. The Hall–Kier alpha value is -4.15. The zero-order chi connectivity index (χ0) is 29.5. The Morgan fingerprint density at radius 1 is 1.03 bits per heavy atom. The number of rotatable bonds is 4. The van der Waals surface area contributed by atoms with Gasteiger partial charge in [0.15, 0.2) is 5.65 Å². The molecule has 3 heterocycles. The number of halogens is 7. The molecule has 0 aliphatic heterocycles. The van der Waals surface area contributed by atoms with Crippen LogP contribution < -0.4 is 5.32 Å². The summed E-state index contributed by atoms with van der Waals surface area (Å²) in [6.45, 7) is 4.56. The Labute approximate surface area is 223 Å². The lowest BCUT2D eigenvalue weighted by Crippen LogP contribution is -2.21. The van der Waals surface area contributed by atoms with Crippen molar-refractivity contribution in [2.75, 3.05) is 5.32 Å². The number of anilines is 1. The van der Waals surface area contributed by atoms with Gasteiger partial charge in [-0.05, 0) is 60.1 Å². The topological polar surface area (TPSA) is 154 Å². The summed E-state index contributed by atoms with van der Waals surface area (Å²) in [6.07, 6.45) is -8.42. The monoisotopic (exact) mass is 625 g/mol. The first kappa shape index (κ1) is 31.1. The molecule has 0 unspecified atom stereocenters. The fourth-order valence-electron chi connectivity index (χ4n) is 2.70. The van der Waals surface area contributed by atoms with Crippen molar-refractivity contribution in [1.29, 1.82) is 0 Å². The van der Waals surface area contributed by atoms with Crippen LogP contribution in [0.1, 0.15) is 17.0 Å². The van der Waals surface area contributed by atoms with Gasteiger partial charge in [0.25, 0.3) is 0 Å². The first-order valence-electron chi connectivity index (χ1n) is 10.4. The quantitative estimate of drug-likeness (QED) is 0.204. The number of carbonyl (C=O) groups is 2. The van der Waals surface area contributed by atoms with Crippen LogP contribution >= 0.6 is 15.9 Å². The number of alkyl halides is 6. The number of H-pyrrole nitrogens is 1. The molecule has 4 rings (SSSR count). The van der Waals surface area contributed by atoms with E-state index in [1.807, 2.05) is 44.2 Å². The van der Waals surface area contributed by atoms with E-state index in [0.717, 1.165) is 44.1 Å². The highest BCUT2D eigenvalue weighted by Crippen LogP contribution is 2.23. The number of pyridine rings is 1. The van der Waals surface area contributed by atoms with Crippen molar-refractivity contribution < 1.29 is 50.7 Å². The lowest BCUT2D eigenvalue weighted by Gasteiger charge is -2.06. The molecular weight excluding hydrogens is 608 g/mol. The maximum absolute atomic E-state index is 10.6. The molecule has 10 nitrogen and oxygen atoms in total. The zero-order valence-electron chi connectivity index (χ0n) is 19.8. The van der Waals surface area contributed by atoms with Crippen molar-refractivity contribution in [1.82, 2.24) is 20.1 Å². The molecular formula is C22H18BrF6N5O5. The summed E-state index contributed by atoms with van der Waals surface area (Å²) in [6, 6.07) is 10.1. The van der Waals surface area contributed by atoms with Gasteiger partial charge in [0.2, 0.25) is 0 Å². The lowest BCUT2D eigenvalue weighted by atomic mass is 10.1. The highest BCUT2D eigenvalue weighted by molar-refractivity contribution is 9.10. The molecule has 4 aromatic rings. The Bertz CT molecular complexity index is 1390. The summed E-state index contributed by atoms with van der Waals surface area (Å²) in [5.41, 5.74) is 5.67. The van der Waals surface area contributed by atoms with E-state index >= 15 is 0 Å². The number of aliphatic carboxylic acids is 2. The molecule has 0 amide bonds. The third-order valence-electron chi connectivity index (χ3n) is 4.60. The molecule has 0 spiro atoms. The molecule has 0 aliphatic rings. The Morgan fingerprint density at radius 3 is 2.03 bits per heavy atom. The number of aromatic nitrogens is 4. The second-order valence-corrected chi connectivity index (χ2v) is 8.37. The van der Waals surface area contributed by atoms with E-state index in [-0.39, 0.29) is 0 Å². The van der Waals surface area contributed by atoms with E-state index in [0.29, 0.717) is 12.2 Å². The van der Waals surface area contributed by atoms with Gasteiger partial charge in [-0.25, -0.2) is 19.6 Å². The summed E-state index contributed by atoms with van der Waals surface area (Å²) in [7, 11) is 0. The van der Waals surface area contributed by atoms with Gasteiger partial charge >= 0.3 is 24.3 Å². The summed E-state index contributed by atoms with van der Waals surface area (Å²) < 4.78 is 69.6. The first-order chi connectivity index (χ1) is 18.0. The SMILES string of the molecule is Cc1noc(C)c1CNc1ccc(-c2nc3ncc(Br)cc3[nH]2)cc1.O=C(O)C(F)(F)F.O=C(O)C(F)(F)F. The predicted molar refractivity (Wildman–Crippen MR) is 128 cm³/mol. The number of carboxylic acid groups (broad SMARTS) is 2. The van der Waals surface area contributed by atoms with E-state index in [2.05, 4.69) is 41.4 Å². The number of hydrogen-bond donors (Lipinski definition) is 4. The largest absolute Gasteiger partial charge is 0.490 e. The second-order valence-electron chi connectivity index (χ2n) is 7.45. The molecule has 210 valence electrons.